The summed E-state index contributed by atoms with van der Waals surface area (Å²) in [6.07, 6.45) is 2.69. The van der Waals surface area contributed by atoms with Crippen molar-refractivity contribution in [2.45, 2.75) is 66.0 Å². The van der Waals surface area contributed by atoms with Crippen molar-refractivity contribution in [3.63, 3.8) is 0 Å². The van der Waals surface area contributed by atoms with Crippen LogP contribution in [0.25, 0.3) is 0 Å². The van der Waals surface area contributed by atoms with E-state index in [2.05, 4.69) is 24.5 Å². The van der Waals surface area contributed by atoms with Crippen LogP contribution in [0.2, 0.25) is 0 Å². The van der Waals surface area contributed by atoms with E-state index >= 15 is 0 Å². The number of carbonyl (C=O) groups excluding carboxylic acids is 1. The zero-order valence-corrected chi connectivity index (χ0v) is 12.7. The molecule has 0 heterocycles. The Labute approximate surface area is 116 Å². The van der Waals surface area contributed by atoms with Crippen LogP contribution in [-0.4, -0.2) is 29.2 Å². The molecular weight excluding hydrogens is 244 g/mol. The third kappa shape index (κ3) is 5.94. The zero-order chi connectivity index (χ0) is 15.0. The smallest absolute Gasteiger partial charge is 0.326 e. The first-order chi connectivity index (χ1) is 8.87. The molecule has 5 nitrogen and oxygen atoms in total. The van der Waals surface area contributed by atoms with E-state index in [0.29, 0.717) is 12.3 Å². The summed E-state index contributed by atoms with van der Waals surface area (Å²) in [4.78, 5) is 23.0. The number of carbonyl (C=O) groups is 2. The summed E-state index contributed by atoms with van der Waals surface area (Å²) in [5, 5.41) is 14.5. The average molecular weight is 272 g/mol. The maximum Gasteiger partial charge on any atom is 0.326 e. The van der Waals surface area contributed by atoms with Crippen LogP contribution in [0.3, 0.4) is 0 Å². The molecule has 0 rings (SSSR count). The highest BCUT2D eigenvalue weighted by Crippen LogP contribution is 2.13. The number of rotatable bonds is 8. The molecular formula is C14H28N2O3. The number of nitrogens with one attached hydrogen (secondary N) is 2. The van der Waals surface area contributed by atoms with Crippen LogP contribution >= 0.6 is 0 Å². The fourth-order valence-corrected chi connectivity index (χ4v) is 2.19. The van der Waals surface area contributed by atoms with Gasteiger partial charge in [0.05, 0.1) is 0 Å². The Morgan fingerprint density at radius 1 is 1.00 bits per heavy atom. The van der Waals surface area contributed by atoms with Crippen LogP contribution in [0.15, 0.2) is 0 Å². The lowest BCUT2D eigenvalue weighted by Crippen LogP contribution is -2.52. The van der Waals surface area contributed by atoms with Crippen LogP contribution < -0.4 is 10.6 Å². The number of hydrogen-bond acceptors (Lipinski definition) is 2. The van der Waals surface area contributed by atoms with Gasteiger partial charge in [-0.25, -0.2) is 9.59 Å². The molecule has 0 aliphatic rings. The van der Waals surface area contributed by atoms with E-state index in [4.69, 9.17) is 5.11 Å². The molecule has 0 aliphatic carbocycles. The van der Waals surface area contributed by atoms with Gasteiger partial charge in [0.2, 0.25) is 0 Å². The highest BCUT2D eigenvalue weighted by Gasteiger charge is 2.26. The zero-order valence-electron chi connectivity index (χ0n) is 12.7. The van der Waals surface area contributed by atoms with Crippen molar-refractivity contribution in [3.05, 3.63) is 0 Å². The number of carboxylic acids is 1. The minimum Gasteiger partial charge on any atom is -0.480 e. The fraction of sp³-hybridized carbons (Fsp3) is 0.857. The maximum atomic E-state index is 11.8. The molecule has 0 saturated heterocycles. The van der Waals surface area contributed by atoms with Crippen molar-refractivity contribution in [2.75, 3.05) is 0 Å². The summed E-state index contributed by atoms with van der Waals surface area (Å²) in [6.45, 7) is 9.86. The van der Waals surface area contributed by atoms with Crippen LogP contribution in [-0.2, 0) is 4.79 Å². The van der Waals surface area contributed by atoms with Gasteiger partial charge in [-0.3, -0.25) is 0 Å². The maximum absolute atomic E-state index is 11.8. The first-order valence-electron chi connectivity index (χ1n) is 7.17. The van der Waals surface area contributed by atoms with Crippen LogP contribution in [0.4, 0.5) is 4.79 Å². The van der Waals surface area contributed by atoms with Crippen molar-refractivity contribution >= 4 is 12.0 Å². The molecule has 19 heavy (non-hydrogen) atoms. The van der Waals surface area contributed by atoms with E-state index in [0.717, 1.165) is 12.8 Å². The fourth-order valence-electron chi connectivity index (χ4n) is 2.19. The average Bonchev–Trinajstić information content (AvgIpc) is 2.36. The lowest BCUT2D eigenvalue weighted by atomic mass is 9.95. The van der Waals surface area contributed by atoms with Crippen molar-refractivity contribution in [2.24, 2.45) is 11.8 Å². The summed E-state index contributed by atoms with van der Waals surface area (Å²) in [6, 6.07) is -1.19. The van der Waals surface area contributed by atoms with Gasteiger partial charge in [-0.2, -0.15) is 0 Å². The normalized spacial score (nSPS) is 15.7. The molecule has 0 aromatic rings. The number of urea groups is 1. The summed E-state index contributed by atoms with van der Waals surface area (Å²) < 4.78 is 0. The lowest BCUT2D eigenvalue weighted by molar-refractivity contribution is -0.140. The molecule has 112 valence electrons. The predicted molar refractivity (Wildman–Crippen MR) is 76.1 cm³/mol. The van der Waals surface area contributed by atoms with E-state index in [1.54, 1.807) is 0 Å². The van der Waals surface area contributed by atoms with Gasteiger partial charge in [0.25, 0.3) is 0 Å². The summed E-state index contributed by atoms with van der Waals surface area (Å²) in [5.74, 6) is -0.663. The van der Waals surface area contributed by atoms with Crippen molar-refractivity contribution in [1.82, 2.24) is 10.6 Å². The Balaban J connectivity index is 4.46. The number of amides is 2. The number of carboxylic acid groups (broad SMARTS) is 1. The molecule has 3 N–H and O–H groups in total. The molecule has 0 bridgehead atoms. The minimum atomic E-state index is -0.986. The second-order valence-electron chi connectivity index (χ2n) is 5.18. The third-order valence-electron chi connectivity index (χ3n) is 3.88. The largest absolute Gasteiger partial charge is 0.480 e. The first-order valence-corrected chi connectivity index (χ1v) is 7.17. The molecule has 0 aromatic heterocycles. The topological polar surface area (TPSA) is 78.4 Å². The van der Waals surface area contributed by atoms with Gasteiger partial charge in [-0.05, 0) is 18.8 Å². The standard InChI is InChI=1S/C14H28N2O3/c1-6-9(4)12(13(17)18)16-14(19)15-10(5)11(7-2)8-3/h9-12H,6-8H2,1-5H3,(H,17,18)(H2,15,16,19)/t9?,10?,12-/m0/s1. The van der Waals surface area contributed by atoms with Crippen molar-refractivity contribution in [3.8, 4) is 0 Å². The number of aliphatic carboxylic acids is 1. The van der Waals surface area contributed by atoms with Gasteiger partial charge in [-0.1, -0.05) is 47.0 Å². The van der Waals surface area contributed by atoms with Crippen LogP contribution in [0.1, 0.15) is 53.9 Å². The molecule has 5 heteroatoms. The molecule has 3 atom stereocenters. The van der Waals surface area contributed by atoms with E-state index in [1.807, 2.05) is 20.8 Å². The molecule has 0 spiro atoms. The van der Waals surface area contributed by atoms with E-state index in [1.165, 1.54) is 0 Å². The second-order valence-corrected chi connectivity index (χ2v) is 5.18. The second kappa shape index (κ2) is 8.77. The van der Waals surface area contributed by atoms with Gasteiger partial charge < -0.3 is 15.7 Å². The predicted octanol–water partition coefficient (Wildman–Crippen LogP) is 2.61. The summed E-state index contributed by atoms with van der Waals surface area (Å²) in [7, 11) is 0. The third-order valence-corrected chi connectivity index (χ3v) is 3.88. The SMILES string of the molecule is CCC(CC)C(C)NC(=O)N[C@H](C(=O)O)C(C)CC. The van der Waals surface area contributed by atoms with E-state index < -0.39 is 18.0 Å². The Morgan fingerprint density at radius 2 is 1.53 bits per heavy atom. The van der Waals surface area contributed by atoms with Crippen LogP contribution in [0, 0.1) is 11.8 Å². The Kier molecular flexibility index (Phi) is 8.19. The Hall–Kier alpha value is -1.26. The Morgan fingerprint density at radius 3 is 1.89 bits per heavy atom. The lowest BCUT2D eigenvalue weighted by Gasteiger charge is -2.25. The molecule has 0 saturated carbocycles. The highest BCUT2D eigenvalue weighted by molar-refractivity contribution is 5.82. The summed E-state index contributed by atoms with van der Waals surface area (Å²) in [5.41, 5.74) is 0. The molecule has 0 fully saturated rings. The number of hydrogen-bond donors (Lipinski definition) is 3. The van der Waals surface area contributed by atoms with Gasteiger partial charge in [0.1, 0.15) is 6.04 Å². The molecule has 0 radical (unpaired) electrons. The minimum absolute atomic E-state index is 0.0429. The van der Waals surface area contributed by atoms with Gasteiger partial charge >= 0.3 is 12.0 Å². The van der Waals surface area contributed by atoms with Crippen LogP contribution in [0.5, 0.6) is 0 Å². The highest BCUT2D eigenvalue weighted by atomic mass is 16.4. The first kappa shape index (κ1) is 17.7. The molecule has 0 aromatic carbocycles. The van der Waals surface area contributed by atoms with Crippen molar-refractivity contribution in [1.29, 1.82) is 0 Å². The quantitative estimate of drug-likeness (QED) is 0.635. The van der Waals surface area contributed by atoms with Gasteiger partial charge in [0, 0.05) is 6.04 Å². The summed E-state index contributed by atoms with van der Waals surface area (Å²) >= 11 is 0. The van der Waals surface area contributed by atoms with E-state index in [9.17, 15) is 9.59 Å². The Bertz CT molecular complexity index is 290. The van der Waals surface area contributed by atoms with E-state index in [-0.39, 0.29) is 12.0 Å². The molecule has 0 aliphatic heterocycles. The van der Waals surface area contributed by atoms with Gasteiger partial charge in [-0.15, -0.1) is 0 Å². The molecule has 2 unspecified atom stereocenters. The monoisotopic (exact) mass is 272 g/mol. The molecule has 2 amide bonds. The van der Waals surface area contributed by atoms with Gasteiger partial charge in [0.15, 0.2) is 0 Å². The van der Waals surface area contributed by atoms with Crippen molar-refractivity contribution < 1.29 is 14.7 Å².